The van der Waals surface area contributed by atoms with Gasteiger partial charge in [0.05, 0.1) is 41.3 Å². The zero-order valence-electron chi connectivity index (χ0n) is 39.2. The van der Waals surface area contributed by atoms with Crippen molar-refractivity contribution in [2.45, 2.75) is 135 Å². The van der Waals surface area contributed by atoms with Gasteiger partial charge < -0.3 is 80.2 Å². The molecule has 0 unspecified atom stereocenters. The van der Waals surface area contributed by atoms with Crippen LogP contribution in [-0.2, 0) is 23.7 Å². The molecule has 12 N–H and O–H groups in total. The second kappa shape index (κ2) is 16.3. The first-order chi connectivity index (χ1) is 32.3. The molecule has 2 aromatic rings. The van der Waals surface area contributed by atoms with E-state index >= 15 is 0 Å². The molecule has 7 aliphatic rings. The van der Waals surface area contributed by atoms with Gasteiger partial charge in [0.15, 0.2) is 23.0 Å². The van der Waals surface area contributed by atoms with Crippen molar-refractivity contribution in [2.75, 3.05) is 19.8 Å². The number of aliphatic hydroxyl groups excluding tert-OH is 6. The largest absolute Gasteiger partial charge is 0.504 e. The van der Waals surface area contributed by atoms with E-state index in [2.05, 4.69) is 33.8 Å². The number of hydrogen-bond donors (Lipinski definition) is 12. The first-order valence-corrected chi connectivity index (χ1v) is 23.7. The lowest BCUT2D eigenvalue weighted by molar-refractivity contribution is -0.297. The van der Waals surface area contributed by atoms with Crippen LogP contribution >= 0.6 is 0 Å². The second-order valence-corrected chi connectivity index (χ2v) is 22.6. The van der Waals surface area contributed by atoms with Crippen LogP contribution in [0.3, 0.4) is 0 Å². The minimum Gasteiger partial charge on any atom is -0.504 e. The van der Waals surface area contributed by atoms with Crippen molar-refractivity contribution in [1.29, 1.82) is 0 Å². The molecule has 69 heavy (non-hydrogen) atoms. The van der Waals surface area contributed by atoms with Gasteiger partial charge in [-0.1, -0.05) is 46.3 Å². The zero-order valence-corrected chi connectivity index (χ0v) is 39.2. The molecular weight excluding hydrogens is 905 g/mol. The van der Waals surface area contributed by atoms with Crippen molar-refractivity contribution >= 4 is 17.9 Å². The van der Waals surface area contributed by atoms with Crippen molar-refractivity contribution in [2.24, 2.45) is 50.2 Å². The number of allylic oxidation sites excluding steroid dienone is 2. The molecule has 378 valence electrons. The third-order valence-corrected chi connectivity index (χ3v) is 18.8. The number of hydrogen-bond acceptors (Lipinski definition) is 19. The Kier molecular flexibility index (Phi) is 11.6. The number of benzene rings is 2. The highest BCUT2D eigenvalue weighted by Gasteiger charge is 2.72. The lowest BCUT2D eigenvalue weighted by Gasteiger charge is -2.71. The van der Waals surface area contributed by atoms with Crippen molar-refractivity contribution in [3.8, 4) is 45.6 Å². The van der Waals surface area contributed by atoms with Crippen LogP contribution in [0.2, 0.25) is 0 Å². The quantitative estimate of drug-likeness (QED) is 0.0904. The molecule has 19 heteroatoms. The number of ether oxygens (including phenoxy) is 4. The van der Waals surface area contributed by atoms with E-state index in [4.69, 9.17) is 18.9 Å². The first kappa shape index (κ1) is 49.1. The van der Waals surface area contributed by atoms with E-state index in [9.17, 15) is 75.7 Å². The third-order valence-electron chi connectivity index (χ3n) is 18.8. The zero-order chi connectivity index (χ0) is 50.3. The number of aromatic hydroxyl groups is 6. The Morgan fingerprint density at radius 2 is 1.35 bits per heavy atom. The van der Waals surface area contributed by atoms with Crippen molar-refractivity contribution < 1.29 is 94.6 Å². The number of aliphatic hydroxyl groups is 6. The molecule has 0 spiro atoms. The third kappa shape index (κ3) is 6.80. The summed E-state index contributed by atoms with van der Waals surface area (Å²) in [6.07, 6.45) is -4.82. The van der Waals surface area contributed by atoms with Gasteiger partial charge in [-0.25, -0.2) is 9.59 Å². The summed E-state index contributed by atoms with van der Waals surface area (Å²) in [5.74, 6) is -11.0. The fraction of sp³-hybridized carbons (Fsp3) is 0.660. The maximum absolute atomic E-state index is 14.7. The van der Waals surface area contributed by atoms with E-state index < -0.39 is 170 Å². The van der Waals surface area contributed by atoms with E-state index in [0.29, 0.717) is 57.4 Å². The van der Waals surface area contributed by atoms with Crippen molar-refractivity contribution in [3.05, 3.63) is 34.9 Å². The molecule has 0 bridgehead atoms. The predicted octanol–water partition coefficient (Wildman–Crippen LogP) is 3.35. The van der Waals surface area contributed by atoms with Gasteiger partial charge >= 0.3 is 17.9 Å². The van der Waals surface area contributed by atoms with Crippen LogP contribution in [0.5, 0.6) is 34.5 Å². The molecule has 15 atom stereocenters. The molecular formula is C50H64O19. The summed E-state index contributed by atoms with van der Waals surface area (Å²) < 4.78 is 23.6. The summed E-state index contributed by atoms with van der Waals surface area (Å²) >= 11 is 0. The summed E-state index contributed by atoms with van der Waals surface area (Å²) in [7, 11) is 0. The highest BCUT2D eigenvalue weighted by atomic mass is 16.7. The number of phenols is 6. The highest BCUT2D eigenvalue weighted by Crippen LogP contribution is 2.76. The van der Waals surface area contributed by atoms with Crippen LogP contribution in [0.15, 0.2) is 23.8 Å². The van der Waals surface area contributed by atoms with Gasteiger partial charge in [0, 0.05) is 11.1 Å². The van der Waals surface area contributed by atoms with Gasteiger partial charge in [0.2, 0.25) is 17.8 Å². The normalized spacial score (nSPS) is 41.3. The molecule has 1 saturated heterocycles. The fourth-order valence-electron chi connectivity index (χ4n) is 14.9. The summed E-state index contributed by atoms with van der Waals surface area (Å²) in [4.78, 5) is 43.5. The monoisotopic (exact) mass is 968 g/mol. The van der Waals surface area contributed by atoms with Gasteiger partial charge in [-0.2, -0.15) is 0 Å². The van der Waals surface area contributed by atoms with Crippen molar-refractivity contribution in [3.63, 3.8) is 0 Å². The maximum Gasteiger partial charge on any atom is 0.339 e. The van der Waals surface area contributed by atoms with E-state index in [0.717, 1.165) is 11.6 Å². The molecule has 9 rings (SSSR count). The molecule has 2 heterocycles. The molecule has 4 saturated carbocycles. The topological polar surface area (TPSA) is 331 Å². The van der Waals surface area contributed by atoms with Gasteiger partial charge in [0.25, 0.3) is 0 Å². The van der Waals surface area contributed by atoms with Gasteiger partial charge in [0.1, 0.15) is 37.1 Å². The smallest absolute Gasteiger partial charge is 0.339 e. The number of phenolic OH excluding ortho intramolecular Hbond substituents is 6. The van der Waals surface area contributed by atoms with Crippen LogP contribution in [0, 0.1) is 50.2 Å². The maximum atomic E-state index is 14.7. The minimum absolute atomic E-state index is 0.0400. The Balaban J connectivity index is 1.10. The van der Waals surface area contributed by atoms with E-state index in [1.807, 2.05) is 6.92 Å². The molecule has 2 aliphatic heterocycles. The van der Waals surface area contributed by atoms with E-state index in [1.165, 1.54) is 0 Å². The Bertz CT molecular complexity index is 2500. The molecule has 0 amide bonds. The van der Waals surface area contributed by atoms with Gasteiger partial charge in [-0.05, 0) is 109 Å². The number of carbonyl (C=O) groups is 3. The van der Waals surface area contributed by atoms with E-state index in [-0.39, 0.29) is 23.7 Å². The summed E-state index contributed by atoms with van der Waals surface area (Å²) in [5, 5.41) is 130. The lowest BCUT2D eigenvalue weighted by Crippen LogP contribution is -2.70. The molecule has 19 nitrogen and oxygen atoms in total. The van der Waals surface area contributed by atoms with Crippen LogP contribution in [-0.4, -0.2) is 142 Å². The number of cyclic esters (lactones) is 1. The Morgan fingerprint density at radius 1 is 0.739 bits per heavy atom. The average molecular weight is 969 g/mol. The summed E-state index contributed by atoms with van der Waals surface area (Å²) in [5.41, 5.74) is -6.69. The summed E-state index contributed by atoms with van der Waals surface area (Å²) in [6, 6.07) is 1.44. The molecule has 0 radical (unpaired) electrons. The Hall–Kier alpha value is -4.89. The minimum atomic E-state index is -1.77. The first-order valence-electron chi connectivity index (χ1n) is 23.7. The van der Waals surface area contributed by atoms with Gasteiger partial charge in [-0.3, -0.25) is 4.79 Å². The SMILES string of the molecule is CC1(C)CC[C@]2(C(=O)O[C@@H]3O[C@H](CO)[C@@H](O)[C@H](O)[C@H]3O)CC[C@]3(C)C(=CC[C@@H]4[C@@]5(C)C[C@@H](O)[C@@H]6OC(=O)c7cc(O)c(O)c(O)c7-c7c(cc(O)c(O)c7O)C(=O)OC[C@@]6(CO)[C@@H]5CC[C@]43C)[C@H]2C1. The standard InChI is InChI=1S/C50H64O19/c1-45(2)10-12-49(44(65)69-43-39(62)38(61)35(58)28(18-51)67-43)13-11-47(4)23(24(49)16-45)6-7-29-46(3)17-27(55)40-50(19-52,30(46)8-9-48(29,47)5)20-66-41(63)21-14-25(53)33(56)36(59)31(21)32-22(42(64)68-40)15-26(54)34(57)37(32)60/h6,14-15,24,27-30,35,38-40,43,51-62H,7-13,16-20H2,1-5H3/t24-,27-,28-,29-,30-,35-,38+,39-,40+,43+,46-,47-,48-,49+,50+/m1/s1. The molecule has 5 aliphatic carbocycles. The lowest BCUT2D eigenvalue weighted by atomic mass is 9.33. The predicted molar refractivity (Wildman–Crippen MR) is 237 cm³/mol. The van der Waals surface area contributed by atoms with Crippen LogP contribution in [0.25, 0.3) is 11.1 Å². The number of fused-ring (bicyclic) bond motifs is 12. The van der Waals surface area contributed by atoms with Crippen LogP contribution in [0.1, 0.15) is 113 Å². The van der Waals surface area contributed by atoms with E-state index in [1.54, 1.807) is 0 Å². The number of rotatable bonds is 4. The molecule has 2 aromatic carbocycles. The fourth-order valence-corrected chi connectivity index (χ4v) is 14.9. The average Bonchev–Trinajstić information content (AvgIpc) is 3.31. The Labute approximate surface area is 397 Å². The van der Waals surface area contributed by atoms with Gasteiger partial charge in [-0.15, -0.1) is 0 Å². The molecule has 0 aromatic heterocycles. The number of esters is 3. The number of carbonyl (C=O) groups excluding carboxylic acids is 3. The van der Waals surface area contributed by atoms with Crippen LogP contribution < -0.4 is 0 Å². The van der Waals surface area contributed by atoms with Crippen molar-refractivity contribution in [1.82, 2.24) is 0 Å². The highest BCUT2D eigenvalue weighted by molar-refractivity contribution is 6.08. The Morgan fingerprint density at radius 3 is 1.96 bits per heavy atom. The summed E-state index contributed by atoms with van der Waals surface area (Å²) in [6.45, 7) is 8.65. The molecule has 5 fully saturated rings. The second-order valence-electron chi connectivity index (χ2n) is 22.6. The van der Waals surface area contributed by atoms with Crippen LogP contribution in [0.4, 0.5) is 0 Å².